The van der Waals surface area contributed by atoms with Crippen molar-refractivity contribution >= 4 is 18.5 Å². The number of ether oxygens (including phenoxy) is 3. The van der Waals surface area contributed by atoms with E-state index in [2.05, 4.69) is 13.8 Å². The van der Waals surface area contributed by atoms with Crippen LogP contribution in [0, 0.1) is 5.92 Å². The van der Waals surface area contributed by atoms with Crippen LogP contribution in [0.15, 0.2) is 54.6 Å². The van der Waals surface area contributed by atoms with E-state index in [0.717, 1.165) is 57.1 Å². The van der Waals surface area contributed by atoms with E-state index >= 15 is 0 Å². The topological polar surface area (TPSA) is 85.4 Å². The maximum Gasteiger partial charge on any atom is 0.415 e. The van der Waals surface area contributed by atoms with Crippen LogP contribution in [-0.4, -0.2) is 59.5 Å². The van der Waals surface area contributed by atoms with Gasteiger partial charge in [0.15, 0.2) is 0 Å². The molecule has 2 amide bonds. The molecule has 1 saturated carbocycles. The molecule has 1 heterocycles. The van der Waals surface area contributed by atoms with Crippen molar-refractivity contribution in [2.45, 2.75) is 116 Å². The third kappa shape index (κ3) is 10.00. The van der Waals surface area contributed by atoms with E-state index in [1.54, 1.807) is 29.2 Å². The first-order chi connectivity index (χ1) is 21.5. The second-order valence-corrected chi connectivity index (χ2v) is 12.2. The molecular weight excluding hydrogens is 556 g/mol. The number of para-hydroxylation sites is 1. The van der Waals surface area contributed by atoms with Crippen molar-refractivity contribution in [1.82, 2.24) is 9.80 Å². The number of piperidine rings is 1. The minimum Gasteiger partial charge on any atom is -0.462 e. The Balaban J connectivity index is 1.16. The third-order valence-electron chi connectivity index (χ3n) is 9.10. The van der Waals surface area contributed by atoms with Crippen LogP contribution in [0.5, 0.6) is 17.2 Å². The first kappa shape index (κ1) is 33.3. The number of hydrogen-bond donors (Lipinski definition) is 0. The molecule has 2 aromatic rings. The highest BCUT2D eigenvalue weighted by Gasteiger charge is 2.34. The number of rotatable bonds is 15. The van der Waals surface area contributed by atoms with Crippen molar-refractivity contribution in [1.29, 1.82) is 0 Å². The molecule has 44 heavy (non-hydrogen) atoms. The zero-order chi connectivity index (χ0) is 31.1. The second kappa shape index (κ2) is 17.7. The molecule has 1 unspecified atom stereocenters. The number of likely N-dealkylation sites (tertiary alicyclic amines) is 1. The Morgan fingerprint density at radius 2 is 1.43 bits per heavy atom. The molecule has 0 N–H and O–H groups in total. The highest BCUT2D eigenvalue weighted by Crippen LogP contribution is 2.30. The van der Waals surface area contributed by atoms with Gasteiger partial charge in [0, 0.05) is 25.2 Å². The molecular formula is C36H50N2O6. The SMILES string of the molecule is CCCCCCCC(CC)C(=O)OC1CCC(N(C=O)C2CCN(C(=O)Oc3ccc(Oc4ccccc4)cc3)CC2)CC1. The molecule has 1 saturated heterocycles. The molecule has 2 aromatic carbocycles. The van der Waals surface area contributed by atoms with Crippen molar-refractivity contribution in [2.75, 3.05) is 13.1 Å². The molecule has 8 heteroatoms. The summed E-state index contributed by atoms with van der Waals surface area (Å²) in [4.78, 5) is 41.5. The van der Waals surface area contributed by atoms with Crippen LogP contribution in [0.3, 0.4) is 0 Å². The molecule has 1 aliphatic carbocycles. The van der Waals surface area contributed by atoms with Gasteiger partial charge in [-0.05, 0) is 87.8 Å². The predicted octanol–water partition coefficient (Wildman–Crippen LogP) is 8.14. The monoisotopic (exact) mass is 606 g/mol. The van der Waals surface area contributed by atoms with Crippen molar-refractivity contribution in [3.05, 3.63) is 54.6 Å². The fourth-order valence-electron chi connectivity index (χ4n) is 6.39. The number of hydrogen-bond acceptors (Lipinski definition) is 6. The lowest BCUT2D eigenvalue weighted by molar-refractivity contribution is -0.157. The summed E-state index contributed by atoms with van der Waals surface area (Å²) in [5.74, 6) is 1.81. The van der Waals surface area contributed by atoms with Crippen LogP contribution in [0.25, 0.3) is 0 Å². The number of amides is 2. The largest absolute Gasteiger partial charge is 0.462 e. The highest BCUT2D eigenvalue weighted by atomic mass is 16.6. The smallest absolute Gasteiger partial charge is 0.415 e. The number of benzene rings is 2. The zero-order valence-corrected chi connectivity index (χ0v) is 26.5. The lowest BCUT2D eigenvalue weighted by Crippen LogP contribution is -2.51. The Morgan fingerprint density at radius 1 is 0.818 bits per heavy atom. The van der Waals surface area contributed by atoms with Crippen LogP contribution in [0.2, 0.25) is 0 Å². The lowest BCUT2D eigenvalue weighted by Gasteiger charge is -2.42. The second-order valence-electron chi connectivity index (χ2n) is 12.2. The summed E-state index contributed by atoms with van der Waals surface area (Å²) in [6.45, 7) is 5.35. The maximum atomic E-state index is 12.8. The Kier molecular flexibility index (Phi) is 13.4. The molecule has 2 fully saturated rings. The van der Waals surface area contributed by atoms with Crippen LogP contribution in [-0.2, 0) is 14.3 Å². The third-order valence-corrected chi connectivity index (χ3v) is 9.10. The van der Waals surface area contributed by atoms with Gasteiger partial charge in [0.25, 0.3) is 0 Å². The van der Waals surface area contributed by atoms with Gasteiger partial charge < -0.3 is 24.0 Å². The van der Waals surface area contributed by atoms with E-state index in [0.29, 0.717) is 37.4 Å². The van der Waals surface area contributed by atoms with E-state index < -0.39 is 0 Å². The molecule has 1 atom stereocenters. The van der Waals surface area contributed by atoms with Crippen LogP contribution < -0.4 is 9.47 Å². The minimum absolute atomic E-state index is 0.00860. The summed E-state index contributed by atoms with van der Waals surface area (Å²) in [6, 6.07) is 16.7. The average Bonchev–Trinajstić information content (AvgIpc) is 3.05. The quantitative estimate of drug-likeness (QED) is 0.116. The Hall–Kier alpha value is -3.55. The van der Waals surface area contributed by atoms with Crippen LogP contribution in [0.4, 0.5) is 4.79 Å². The molecule has 0 spiro atoms. The minimum atomic E-state index is -0.383. The zero-order valence-electron chi connectivity index (χ0n) is 26.5. The van der Waals surface area contributed by atoms with Gasteiger partial charge in [0.05, 0.1) is 5.92 Å². The lowest BCUT2D eigenvalue weighted by atomic mass is 9.89. The predicted molar refractivity (Wildman–Crippen MR) is 171 cm³/mol. The van der Waals surface area contributed by atoms with E-state index in [9.17, 15) is 14.4 Å². The van der Waals surface area contributed by atoms with Crippen molar-refractivity contribution in [3.8, 4) is 17.2 Å². The number of esters is 1. The first-order valence-electron chi connectivity index (χ1n) is 16.7. The first-order valence-corrected chi connectivity index (χ1v) is 16.7. The number of carbonyl (C=O) groups excluding carboxylic acids is 3. The normalized spacial score (nSPS) is 19.5. The molecule has 240 valence electrons. The van der Waals surface area contributed by atoms with E-state index in [4.69, 9.17) is 14.2 Å². The highest BCUT2D eigenvalue weighted by molar-refractivity contribution is 5.72. The Morgan fingerprint density at radius 3 is 2.07 bits per heavy atom. The summed E-state index contributed by atoms with van der Waals surface area (Å²) in [5, 5.41) is 0. The van der Waals surface area contributed by atoms with Gasteiger partial charge in [-0.2, -0.15) is 0 Å². The van der Waals surface area contributed by atoms with E-state index in [-0.39, 0.29) is 36.2 Å². The van der Waals surface area contributed by atoms with Gasteiger partial charge in [-0.25, -0.2) is 4.79 Å². The maximum absolute atomic E-state index is 12.8. The molecule has 8 nitrogen and oxygen atoms in total. The molecule has 0 bridgehead atoms. The fourth-order valence-corrected chi connectivity index (χ4v) is 6.39. The Bertz CT molecular complexity index is 1140. The van der Waals surface area contributed by atoms with Crippen molar-refractivity contribution in [2.24, 2.45) is 5.92 Å². The van der Waals surface area contributed by atoms with E-state index in [1.165, 1.54) is 25.7 Å². The molecule has 0 radical (unpaired) electrons. The fraction of sp³-hybridized carbons (Fsp3) is 0.583. The van der Waals surface area contributed by atoms with Crippen LogP contribution in [0.1, 0.15) is 97.3 Å². The van der Waals surface area contributed by atoms with Crippen molar-refractivity contribution in [3.63, 3.8) is 0 Å². The van der Waals surface area contributed by atoms with Gasteiger partial charge in [0.2, 0.25) is 6.41 Å². The number of unbranched alkanes of at least 4 members (excludes halogenated alkanes) is 4. The summed E-state index contributed by atoms with van der Waals surface area (Å²) in [7, 11) is 0. The van der Waals surface area contributed by atoms with Gasteiger partial charge >= 0.3 is 12.1 Å². The standard InChI is InChI=1S/C36H50N2O6/c1-3-5-6-7-9-12-28(4-2)35(40)43-33-17-15-29(16-18-33)38(27-39)30-23-25-37(26-24-30)36(41)44-34-21-19-32(20-22-34)42-31-13-10-8-11-14-31/h8,10-11,13-14,19-22,27-30,33H,3-7,9,12,15-18,23-26H2,1-2H3. The molecule has 1 aliphatic heterocycles. The number of nitrogens with zero attached hydrogens (tertiary/aromatic N) is 2. The van der Waals surface area contributed by atoms with Gasteiger partial charge in [-0.1, -0.05) is 64.2 Å². The summed E-state index contributed by atoms with van der Waals surface area (Å²) in [5.41, 5.74) is 0. The van der Waals surface area contributed by atoms with E-state index in [1.807, 2.05) is 35.2 Å². The van der Waals surface area contributed by atoms with Gasteiger partial charge in [-0.3, -0.25) is 9.59 Å². The van der Waals surface area contributed by atoms with Gasteiger partial charge in [-0.15, -0.1) is 0 Å². The molecule has 4 rings (SSSR count). The molecule has 2 aliphatic rings. The average molecular weight is 607 g/mol. The summed E-state index contributed by atoms with van der Waals surface area (Å²) < 4.78 is 17.4. The Labute approximate surface area is 263 Å². The number of carbonyl (C=O) groups is 3. The van der Waals surface area contributed by atoms with Crippen molar-refractivity contribution < 1.29 is 28.6 Å². The van der Waals surface area contributed by atoms with Gasteiger partial charge in [0.1, 0.15) is 23.4 Å². The summed E-state index contributed by atoms with van der Waals surface area (Å²) in [6.07, 6.45) is 12.9. The molecule has 0 aromatic heterocycles. The van der Waals surface area contributed by atoms with Crippen LogP contribution >= 0.6 is 0 Å². The summed E-state index contributed by atoms with van der Waals surface area (Å²) >= 11 is 0.